The predicted octanol–water partition coefficient (Wildman–Crippen LogP) is 1.80. The molecule has 1 aliphatic rings. The lowest BCUT2D eigenvalue weighted by atomic mass is 9.96. The molecular weight excluding hydrogens is 274 g/mol. The highest BCUT2D eigenvalue weighted by Crippen LogP contribution is 2.24. The number of nitrogens with zero attached hydrogens (tertiary/aromatic N) is 2. The van der Waals surface area contributed by atoms with Gasteiger partial charge in [-0.2, -0.15) is 17.0 Å². The first-order valence-corrected chi connectivity index (χ1v) is 9.11. The van der Waals surface area contributed by atoms with Gasteiger partial charge >= 0.3 is 0 Å². The molecule has 0 radical (unpaired) electrons. The highest BCUT2D eigenvalue weighted by atomic mass is 32.2. The lowest BCUT2D eigenvalue weighted by Crippen LogP contribution is -2.46. The van der Waals surface area contributed by atoms with E-state index in [1.807, 2.05) is 0 Å². The molecular formula is C14H31N3O2S. The third-order valence-corrected chi connectivity index (χ3v) is 6.48. The lowest BCUT2D eigenvalue weighted by molar-refractivity contribution is 0.266. The molecule has 0 amide bonds. The van der Waals surface area contributed by atoms with E-state index in [0.717, 1.165) is 25.7 Å². The summed E-state index contributed by atoms with van der Waals surface area (Å²) in [6.07, 6.45) is 6.15. The number of hydrogen-bond donors (Lipinski definition) is 1. The fraction of sp³-hybridized carbons (Fsp3) is 1.00. The minimum absolute atomic E-state index is 0.0487. The maximum atomic E-state index is 12.5. The summed E-state index contributed by atoms with van der Waals surface area (Å²) < 4.78 is 28.1. The van der Waals surface area contributed by atoms with Crippen LogP contribution in [-0.4, -0.2) is 49.8 Å². The van der Waals surface area contributed by atoms with Gasteiger partial charge < -0.3 is 5.73 Å². The van der Waals surface area contributed by atoms with Crippen LogP contribution in [0.2, 0.25) is 0 Å². The average Bonchev–Trinajstić information content (AvgIpc) is 2.44. The summed E-state index contributed by atoms with van der Waals surface area (Å²) in [5.74, 6) is 0.377. The molecule has 120 valence electrons. The molecule has 0 spiro atoms. The van der Waals surface area contributed by atoms with Crippen LogP contribution in [0.1, 0.15) is 52.4 Å². The molecule has 1 fully saturated rings. The number of hydrogen-bond acceptors (Lipinski definition) is 3. The van der Waals surface area contributed by atoms with Crippen molar-refractivity contribution in [3.8, 4) is 0 Å². The van der Waals surface area contributed by atoms with Crippen molar-refractivity contribution in [3.05, 3.63) is 0 Å². The molecule has 0 aromatic heterocycles. The molecule has 0 aliphatic heterocycles. The molecule has 5 nitrogen and oxygen atoms in total. The number of nitrogens with two attached hydrogens (primary N) is 1. The third kappa shape index (κ3) is 4.69. The normalized spacial score (nSPS) is 20.0. The zero-order chi connectivity index (χ0) is 15.3. The maximum Gasteiger partial charge on any atom is 0.281 e. The van der Waals surface area contributed by atoms with Crippen molar-refractivity contribution in [1.82, 2.24) is 8.61 Å². The summed E-state index contributed by atoms with van der Waals surface area (Å²) in [7, 11) is 0.0181. The van der Waals surface area contributed by atoms with Gasteiger partial charge in [-0.05, 0) is 25.2 Å². The van der Waals surface area contributed by atoms with Crippen molar-refractivity contribution in [2.24, 2.45) is 11.7 Å². The van der Waals surface area contributed by atoms with Gasteiger partial charge in [-0.15, -0.1) is 0 Å². The summed E-state index contributed by atoms with van der Waals surface area (Å²) in [5.41, 5.74) is 5.99. The van der Waals surface area contributed by atoms with Gasteiger partial charge in [0, 0.05) is 32.7 Å². The molecule has 0 bridgehead atoms. The van der Waals surface area contributed by atoms with Gasteiger partial charge in [0.1, 0.15) is 0 Å². The second-order valence-electron chi connectivity index (χ2n) is 6.33. The Balaban J connectivity index is 2.57. The summed E-state index contributed by atoms with van der Waals surface area (Å²) in [6.45, 7) is 4.61. The van der Waals surface area contributed by atoms with Crippen molar-refractivity contribution in [1.29, 1.82) is 0 Å². The average molecular weight is 305 g/mol. The Hall–Kier alpha value is -0.170. The smallest absolute Gasteiger partial charge is 0.281 e. The minimum atomic E-state index is -3.35. The first-order valence-electron chi connectivity index (χ1n) is 7.71. The molecule has 0 aromatic rings. The summed E-state index contributed by atoms with van der Waals surface area (Å²) in [5, 5.41) is 0. The van der Waals surface area contributed by atoms with E-state index in [0.29, 0.717) is 18.9 Å². The quantitative estimate of drug-likeness (QED) is 0.780. The van der Waals surface area contributed by atoms with Crippen molar-refractivity contribution in [2.45, 2.75) is 64.5 Å². The second kappa shape index (κ2) is 7.73. The van der Waals surface area contributed by atoms with Gasteiger partial charge in [0.25, 0.3) is 10.2 Å². The molecule has 1 aliphatic carbocycles. The minimum Gasteiger partial charge on any atom is -0.327 e. The van der Waals surface area contributed by atoms with E-state index in [2.05, 4.69) is 13.8 Å². The zero-order valence-corrected chi connectivity index (χ0v) is 14.2. The Kier molecular flexibility index (Phi) is 6.91. The van der Waals surface area contributed by atoms with E-state index in [1.54, 1.807) is 18.4 Å². The van der Waals surface area contributed by atoms with Crippen LogP contribution in [0.25, 0.3) is 0 Å². The molecule has 6 heteroatoms. The van der Waals surface area contributed by atoms with Crippen LogP contribution in [0.3, 0.4) is 0 Å². The third-order valence-electron chi connectivity index (χ3n) is 4.48. The van der Waals surface area contributed by atoms with Crippen LogP contribution in [0, 0.1) is 5.92 Å². The fourth-order valence-corrected chi connectivity index (χ4v) is 4.00. The van der Waals surface area contributed by atoms with Gasteiger partial charge in [0.2, 0.25) is 0 Å². The summed E-state index contributed by atoms with van der Waals surface area (Å²) in [6, 6.07) is 0.211. The molecule has 0 saturated heterocycles. The predicted molar refractivity (Wildman–Crippen MR) is 83.6 cm³/mol. The van der Waals surface area contributed by atoms with Crippen LogP contribution >= 0.6 is 0 Å². The second-order valence-corrected chi connectivity index (χ2v) is 8.43. The van der Waals surface area contributed by atoms with Gasteiger partial charge in [0.15, 0.2) is 0 Å². The van der Waals surface area contributed by atoms with E-state index in [-0.39, 0.29) is 12.1 Å². The molecule has 0 heterocycles. The van der Waals surface area contributed by atoms with Crippen LogP contribution in [0.5, 0.6) is 0 Å². The highest BCUT2D eigenvalue weighted by Gasteiger charge is 2.30. The monoisotopic (exact) mass is 305 g/mol. The SMILES string of the molecule is CC(C)C(N)CCN(C)S(=O)(=O)N(C)C1CCCCC1. The number of rotatable bonds is 7. The topological polar surface area (TPSA) is 66.6 Å². The van der Waals surface area contributed by atoms with Gasteiger partial charge in [-0.3, -0.25) is 0 Å². The van der Waals surface area contributed by atoms with Crippen molar-refractivity contribution >= 4 is 10.2 Å². The Morgan fingerprint density at radius 3 is 2.20 bits per heavy atom. The Morgan fingerprint density at radius 1 is 1.15 bits per heavy atom. The first-order chi connectivity index (χ1) is 9.26. The van der Waals surface area contributed by atoms with Crippen LogP contribution in [0.15, 0.2) is 0 Å². The van der Waals surface area contributed by atoms with Crippen LogP contribution in [0.4, 0.5) is 0 Å². The lowest BCUT2D eigenvalue weighted by Gasteiger charge is -2.33. The van der Waals surface area contributed by atoms with Crippen LogP contribution < -0.4 is 5.73 Å². The van der Waals surface area contributed by atoms with Crippen molar-refractivity contribution in [3.63, 3.8) is 0 Å². The Morgan fingerprint density at radius 2 is 1.70 bits per heavy atom. The van der Waals surface area contributed by atoms with E-state index >= 15 is 0 Å². The van der Waals surface area contributed by atoms with Gasteiger partial charge in [-0.1, -0.05) is 33.1 Å². The molecule has 2 N–H and O–H groups in total. The molecule has 1 atom stereocenters. The molecule has 20 heavy (non-hydrogen) atoms. The highest BCUT2D eigenvalue weighted by molar-refractivity contribution is 7.86. The summed E-state index contributed by atoms with van der Waals surface area (Å²) in [4.78, 5) is 0. The largest absolute Gasteiger partial charge is 0.327 e. The zero-order valence-electron chi connectivity index (χ0n) is 13.4. The van der Waals surface area contributed by atoms with Crippen LogP contribution in [-0.2, 0) is 10.2 Å². The van der Waals surface area contributed by atoms with Crippen molar-refractivity contribution in [2.75, 3.05) is 20.6 Å². The summed E-state index contributed by atoms with van der Waals surface area (Å²) >= 11 is 0. The fourth-order valence-electron chi connectivity index (χ4n) is 2.63. The van der Waals surface area contributed by atoms with Gasteiger partial charge in [0.05, 0.1) is 0 Å². The van der Waals surface area contributed by atoms with E-state index in [4.69, 9.17) is 5.73 Å². The van der Waals surface area contributed by atoms with Crippen molar-refractivity contribution < 1.29 is 8.42 Å². The molecule has 1 rings (SSSR count). The Bertz CT molecular complexity index is 378. The maximum absolute atomic E-state index is 12.5. The molecule has 1 unspecified atom stereocenters. The standard InChI is InChI=1S/C14H31N3O2S/c1-12(2)14(15)10-11-16(3)20(18,19)17(4)13-8-6-5-7-9-13/h12-14H,5-11,15H2,1-4H3. The van der Waals surface area contributed by atoms with E-state index < -0.39 is 10.2 Å². The Labute approximate surface area is 124 Å². The molecule has 0 aromatic carbocycles. The molecule has 1 saturated carbocycles. The first kappa shape index (κ1) is 17.9. The van der Waals surface area contributed by atoms with E-state index in [1.165, 1.54) is 10.7 Å². The van der Waals surface area contributed by atoms with E-state index in [9.17, 15) is 8.42 Å². The van der Waals surface area contributed by atoms with Gasteiger partial charge in [-0.25, -0.2) is 0 Å².